The lowest BCUT2D eigenvalue weighted by Gasteiger charge is -2.18. The third-order valence-electron chi connectivity index (χ3n) is 1.36. The van der Waals surface area contributed by atoms with Gasteiger partial charge in [0, 0.05) is 8.07 Å². The van der Waals surface area contributed by atoms with E-state index in [1.54, 1.807) is 0 Å². The topological polar surface area (TPSA) is 18.5 Å². The zero-order valence-electron chi connectivity index (χ0n) is 9.73. The summed E-state index contributed by atoms with van der Waals surface area (Å²) in [6.07, 6.45) is 0. The molecule has 0 fully saturated rings. The minimum Gasteiger partial charge on any atom is -0.378 e. The third kappa shape index (κ3) is 12.8. The third-order valence-corrected chi connectivity index (χ3v) is 6.17. The van der Waals surface area contributed by atoms with Crippen molar-refractivity contribution in [2.24, 2.45) is 0 Å². The highest BCUT2D eigenvalue weighted by Crippen LogP contribution is 2.22. The van der Waals surface area contributed by atoms with Crippen molar-refractivity contribution in [3.8, 4) is 0 Å². The first kappa shape index (κ1) is 13.8. The molecule has 0 heterocycles. The fraction of sp³-hybridized carbons (Fsp3) is 1.00. The summed E-state index contributed by atoms with van der Waals surface area (Å²) >= 11 is 0. The van der Waals surface area contributed by atoms with Crippen molar-refractivity contribution in [1.82, 2.24) is 0 Å². The van der Waals surface area contributed by atoms with Gasteiger partial charge < -0.3 is 8.74 Å². The van der Waals surface area contributed by atoms with Gasteiger partial charge in [-0.05, 0) is 25.7 Å². The molecule has 0 bridgehead atoms. The van der Waals surface area contributed by atoms with Gasteiger partial charge in [0.25, 0.3) is 0 Å². The van der Waals surface area contributed by atoms with Crippen LogP contribution in [0.1, 0.15) is 0 Å². The average Bonchev–Trinajstić information content (AvgIpc) is 1.81. The zero-order chi connectivity index (χ0) is 10.5. The molecule has 1 unspecified atom stereocenters. The lowest BCUT2D eigenvalue weighted by atomic mass is 10.9. The zero-order valence-corrected chi connectivity index (χ0v) is 12.7. The molecule has 0 aliphatic carbocycles. The second kappa shape index (κ2) is 5.61. The molecule has 0 N–H and O–H groups in total. The molecule has 0 saturated heterocycles. The fourth-order valence-corrected chi connectivity index (χ4v) is 2.89. The Labute approximate surface area is 86.5 Å². The first-order chi connectivity index (χ1) is 5.71. The molecular formula is C8H23O2PSi2. The van der Waals surface area contributed by atoms with Gasteiger partial charge in [-0.3, -0.25) is 0 Å². The van der Waals surface area contributed by atoms with E-state index in [9.17, 15) is 0 Å². The summed E-state index contributed by atoms with van der Waals surface area (Å²) in [7, 11) is -2.02. The molecule has 13 heavy (non-hydrogen) atoms. The molecule has 0 saturated carbocycles. The van der Waals surface area contributed by atoms with Crippen LogP contribution < -0.4 is 0 Å². The molecule has 80 valence electrons. The van der Waals surface area contributed by atoms with E-state index in [0.717, 1.165) is 6.61 Å². The number of hydrogen-bond acceptors (Lipinski definition) is 2. The molecule has 0 radical (unpaired) electrons. The summed E-state index contributed by atoms with van der Waals surface area (Å²) in [5, 5.41) is 0. The summed E-state index contributed by atoms with van der Waals surface area (Å²) in [6, 6.07) is 1.23. The van der Waals surface area contributed by atoms with Gasteiger partial charge in [-0.2, -0.15) is 0 Å². The molecule has 0 aliphatic heterocycles. The van der Waals surface area contributed by atoms with Crippen LogP contribution in [0.2, 0.25) is 45.3 Å². The summed E-state index contributed by atoms with van der Waals surface area (Å²) < 4.78 is 11.1. The van der Waals surface area contributed by atoms with Crippen molar-refractivity contribution < 1.29 is 8.74 Å². The van der Waals surface area contributed by atoms with Crippen LogP contribution >= 0.6 is 9.03 Å². The van der Waals surface area contributed by atoms with Gasteiger partial charge in [-0.1, -0.05) is 19.6 Å². The molecule has 0 amide bonds. The first-order valence-electron chi connectivity index (χ1n) is 4.75. The van der Waals surface area contributed by atoms with E-state index >= 15 is 0 Å². The van der Waals surface area contributed by atoms with E-state index in [1.165, 1.54) is 6.04 Å². The minimum atomic E-state index is -1.35. The van der Waals surface area contributed by atoms with E-state index in [1.807, 2.05) is 0 Å². The molecule has 0 aromatic rings. The monoisotopic (exact) mass is 238 g/mol. The van der Waals surface area contributed by atoms with Gasteiger partial charge >= 0.3 is 0 Å². The highest BCUT2D eigenvalue weighted by molar-refractivity contribution is 7.29. The Morgan fingerprint density at radius 1 is 1.00 bits per heavy atom. The van der Waals surface area contributed by atoms with Crippen LogP contribution in [-0.2, 0) is 8.74 Å². The predicted molar refractivity (Wildman–Crippen MR) is 66.9 cm³/mol. The highest BCUT2D eigenvalue weighted by Gasteiger charge is 2.15. The predicted octanol–water partition coefficient (Wildman–Crippen LogP) is 3.70. The van der Waals surface area contributed by atoms with Gasteiger partial charge in [0.1, 0.15) is 9.03 Å². The molecule has 0 spiro atoms. The van der Waals surface area contributed by atoms with Crippen LogP contribution in [0.25, 0.3) is 0 Å². The van der Waals surface area contributed by atoms with Crippen LogP contribution in [0.4, 0.5) is 0 Å². The van der Waals surface area contributed by atoms with E-state index in [4.69, 9.17) is 8.74 Å². The summed E-state index contributed by atoms with van der Waals surface area (Å²) in [5.74, 6) is 0. The quantitative estimate of drug-likeness (QED) is 0.399. The van der Waals surface area contributed by atoms with Crippen molar-refractivity contribution >= 4 is 25.4 Å². The van der Waals surface area contributed by atoms with Crippen LogP contribution in [0.5, 0.6) is 0 Å². The fourth-order valence-electron chi connectivity index (χ4n) is 0.553. The lowest BCUT2D eigenvalue weighted by Crippen LogP contribution is -2.22. The van der Waals surface area contributed by atoms with Gasteiger partial charge in [0.15, 0.2) is 8.32 Å². The Kier molecular flexibility index (Phi) is 5.95. The van der Waals surface area contributed by atoms with E-state index in [2.05, 4.69) is 39.3 Å². The second-order valence-electron chi connectivity index (χ2n) is 5.46. The first-order valence-corrected chi connectivity index (χ1v) is 12.7. The molecule has 0 aliphatic rings. The Morgan fingerprint density at radius 3 is 1.92 bits per heavy atom. The van der Waals surface area contributed by atoms with Gasteiger partial charge in [-0.15, -0.1) is 0 Å². The van der Waals surface area contributed by atoms with Crippen LogP contribution in [0.3, 0.4) is 0 Å². The largest absolute Gasteiger partial charge is 0.378 e. The summed E-state index contributed by atoms with van der Waals surface area (Å²) in [5.41, 5.74) is 0. The van der Waals surface area contributed by atoms with Gasteiger partial charge in [0.2, 0.25) is 0 Å². The van der Waals surface area contributed by atoms with Crippen LogP contribution in [0.15, 0.2) is 0 Å². The Balaban J connectivity index is 3.28. The van der Waals surface area contributed by atoms with Crippen molar-refractivity contribution in [3.63, 3.8) is 0 Å². The molecule has 0 aromatic heterocycles. The van der Waals surface area contributed by atoms with E-state index in [0.29, 0.717) is 0 Å². The standard InChI is InChI=1S/C8H23O2PSi2/c1-12(2,3)8-7-9-11-10-13(4,5)6/h11H,7-8H2,1-6H3. The number of hydrogen-bond donors (Lipinski definition) is 0. The average molecular weight is 238 g/mol. The maximum Gasteiger partial charge on any atom is 0.191 e. The molecule has 0 rings (SSSR count). The van der Waals surface area contributed by atoms with Gasteiger partial charge in [-0.25, -0.2) is 0 Å². The van der Waals surface area contributed by atoms with Gasteiger partial charge in [0.05, 0.1) is 6.61 Å². The highest BCUT2D eigenvalue weighted by atomic mass is 31.1. The SMILES string of the molecule is C[Si](C)(C)CCOPO[Si](C)(C)C. The second-order valence-corrected chi connectivity index (χ2v) is 16.6. The van der Waals surface area contributed by atoms with Crippen LogP contribution in [-0.4, -0.2) is 23.0 Å². The molecule has 1 atom stereocenters. The number of rotatable bonds is 6. The Morgan fingerprint density at radius 2 is 1.54 bits per heavy atom. The normalized spacial score (nSPS) is 14.3. The molecular weight excluding hydrogens is 215 g/mol. The van der Waals surface area contributed by atoms with Crippen molar-refractivity contribution in [3.05, 3.63) is 0 Å². The van der Waals surface area contributed by atoms with Crippen molar-refractivity contribution in [2.75, 3.05) is 6.61 Å². The Hall–Kier alpha value is 0.784. The smallest absolute Gasteiger partial charge is 0.191 e. The van der Waals surface area contributed by atoms with Crippen LogP contribution in [0, 0.1) is 0 Å². The minimum absolute atomic E-state index is 0.253. The maximum absolute atomic E-state index is 5.60. The summed E-state index contributed by atoms with van der Waals surface area (Å²) in [6.45, 7) is 14.5. The lowest BCUT2D eigenvalue weighted by molar-refractivity contribution is 0.348. The van der Waals surface area contributed by atoms with E-state index < -0.39 is 16.4 Å². The van der Waals surface area contributed by atoms with Crippen molar-refractivity contribution in [1.29, 1.82) is 0 Å². The maximum atomic E-state index is 5.60. The molecule has 5 heteroatoms. The van der Waals surface area contributed by atoms with E-state index in [-0.39, 0.29) is 9.03 Å². The molecule has 0 aromatic carbocycles. The summed E-state index contributed by atoms with van der Waals surface area (Å²) in [4.78, 5) is 0. The Bertz CT molecular complexity index is 124. The molecule has 2 nitrogen and oxygen atoms in total. The van der Waals surface area contributed by atoms with Crippen molar-refractivity contribution in [2.45, 2.75) is 45.3 Å².